The molecule has 4 heteroatoms. The third-order valence-corrected chi connectivity index (χ3v) is 1.66. The van der Waals surface area contributed by atoms with Crippen LogP contribution in [0.5, 0.6) is 0 Å². The maximum Gasteiger partial charge on any atom is 0.305 e. The van der Waals surface area contributed by atoms with E-state index < -0.39 is 11.5 Å². The van der Waals surface area contributed by atoms with E-state index >= 15 is 0 Å². The van der Waals surface area contributed by atoms with Crippen LogP contribution < -0.4 is 5.32 Å². The van der Waals surface area contributed by atoms with E-state index in [-0.39, 0.29) is 18.2 Å². The average molecular weight is 201 g/mol. The Morgan fingerprint density at radius 2 is 1.86 bits per heavy atom. The second kappa shape index (κ2) is 4.98. The van der Waals surface area contributed by atoms with Gasteiger partial charge in [0.1, 0.15) is 0 Å². The molecule has 0 aromatic carbocycles. The lowest BCUT2D eigenvalue weighted by molar-refractivity contribution is -0.138. The summed E-state index contributed by atoms with van der Waals surface area (Å²) >= 11 is 0. The fraction of sp³-hybridized carbons (Fsp3) is 0.800. The van der Waals surface area contributed by atoms with Crippen LogP contribution in [0.1, 0.15) is 40.5 Å². The van der Waals surface area contributed by atoms with Crippen molar-refractivity contribution in [1.82, 2.24) is 5.32 Å². The fourth-order valence-electron chi connectivity index (χ4n) is 1.22. The molecule has 0 aliphatic heterocycles. The molecule has 4 nitrogen and oxygen atoms in total. The highest BCUT2D eigenvalue weighted by molar-refractivity contribution is 5.78. The van der Waals surface area contributed by atoms with Gasteiger partial charge in [0.2, 0.25) is 5.91 Å². The molecular weight excluding hydrogens is 182 g/mol. The third-order valence-electron chi connectivity index (χ3n) is 1.66. The summed E-state index contributed by atoms with van der Waals surface area (Å²) in [4.78, 5) is 21.8. The lowest BCUT2D eigenvalue weighted by Crippen LogP contribution is -2.45. The van der Waals surface area contributed by atoms with E-state index in [1.54, 1.807) is 13.8 Å². The number of carboxylic acid groups (broad SMARTS) is 1. The number of carboxylic acids is 1. The SMILES string of the molecule is CC(C)CC(=O)NC(C)(C)CC(=O)O. The number of carbonyl (C=O) groups excluding carboxylic acids is 1. The summed E-state index contributed by atoms with van der Waals surface area (Å²) in [5, 5.41) is 11.3. The van der Waals surface area contributed by atoms with Gasteiger partial charge in [-0.05, 0) is 19.8 Å². The van der Waals surface area contributed by atoms with E-state index in [1.807, 2.05) is 13.8 Å². The molecule has 0 heterocycles. The first kappa shape index (κ1) is 12.9. The molecule has 0 bridgehead atoms. The van der Waals surface area contributed by atoms with Crippen LogP contribution in [-0.2, 0) is 9.59 Å². The molecule has 0 unspecified atom stereocenters. The molecule has 1 amide bonds. The Balaban J connectivity index is 4.08. The standard InChI is InChI=1S/C10H19NO3/c1-7(2)5-8(12)11-10(3,4)6-9(13)14/h7H,5-6H2,1-4H3,(H,11,12)(H,13,14). The quantitative estimate of drug-likeness (QED) is 0.706. The van der Waals surface area contributed by atoms with Crippen LogP contribution in [0.2, 0.25) is 0 Å². The number of aliphatic carboxylic acids is 1. The predicted octanol–water partition coefficient (Wildman–Crippen LogP) is 1.40. The molecular formula is C10H19NO3. The molecule has 0 aliphatic carbocycles. The maximum absolute atomic E-state index is 11.3. The number of hydrogen-bond acceptors (Lipinski definition) is 2. The molecule has 0 aromatic heterocycles. The third kappa shape index (κ3) is 6.46. The van der Waals surface area contributed by atoms with Crippen LogP contribution in [0.4, 0.5) is 0 Å². The first-order valence-electron chi connectivity index (χ1n) is 4.76. The van der Waals surface area contributed by atoms with Crippen molar-refractivity contribution >= 4 is 11.9 Å². The van der Waals surface area contributed by atoms with E-state index in [2.05, 4.69) is 5.32 Å². The maximum atomic E-state index is 11.3. The normalized spacial score (nSPS) is 11.5. The highest BCUT2D eigenvalue weighted by atomic mass is 16.4. The molecule has 2 N–H and O–H groups in total. The van der Waals surface area contributed by atoms with Crippen molar-refractivity contribution in [3.05, 3.63) is 0 Å². The Kier molecular flexibility index (Phi) is 4.60. The molecule has 14 heavy (non-hydrogen) atoms. The zero-order valence-corrected chi connectivity index (χ0v) is 9.26. The molecule has 0 rings (SSSR count). The van der Waals surface area contributed by atoms with Crippen molar-refractivity contribution in [2.75, 3.05) is 0 Å². The van der Waals surface area contributed by atoms with E-state index in [9.17, 15) is 9.59 Å². The lowest BCUT2D eigenvalue weighted by Gasteiger charge is -2.24. The van der Waals surface area contributed by atoms with Gasteiger partial charge in [-0.3, -0.25) is 9.59 Å². The molecule has 0 saturated carbocycles. The van der Waals surface area contributed by atoms with Gasteiger partial charge in [-0.25, -0.2) is 0 Å². The minimum Gasteiger partial charge on any atom is -0.481 e. The highest BCUT2D eigenvalue weighted by Gasteiger charge is 2.23. The Morgan fingerprint density at radius 1 is 1.36 bits per heavy atom. The summed E-state index contributed by atoms with van der Waals surface area (Å²) in [5.41, 5.74) is -0.669. The zero-order chi connectivity index (χ0) is 11.4. The van der Waals surface area contributed by atoms with Gasteiger partial charge in [-0.15, -0.1) is 0 Å². The molecule has 0 fully saturated rings. The summed E-state index contributed by atoms with van der Waals surface area (Å²) in [6, 6.07) is 0. The highest BCUT2D eigenvalue weighted by Crippen LogP contribution is 2.09. The van der Waals surface area contributed by atoms with Crippen LogP contribution in [0.3, 0.4) is 0 Å². The van der Waals surface area contributed by atoms with Gasteiger partial charge in [0.25, 0.3) is 0 Å². The van der Waals surface area contributed by atoms with E-state index in [1.165, 1.54) is 0 Å². The Bertz CT molecular complexity index is 221. The number of amides is 1. The van der Waals surface area contributed by atoms with Gasteiger partial charge < -0.3 is 10.4 Å². The van der Waals surface area contributed by atoms with Crippen molar-refractivity contribution in [2.24, 2.45) is 5.92 Å². The molecule has 82 valence electrons. The summed E-state index contributed by atoms with van der Waals surface area (Å²) in [5.74, 6) is -0.707. The average Bonchev–Trinajstić information content (AvgIpc) is 1.77. The monoisotopic (exact) mass is 201 g/mol. The fourth-order valence-corrected chi connectivity index (χ4v) is 1.22. The molecule has 0 aromatic rings. The summed E-state index contributed by atoms with van der Waals surface area (Å²) in [6.45, 7) is 7.31. The van der Waals surface area contributed by atoms with Gasteiger partial charge in [0, 0.05) is 12.0 Å². The van der Waals surface area contributed by atoms with Crippen LogP contribution in [-0.4, -0.2) is 22.5 Å². The smallest absolute Gasteiger partial charge is 0.305 e. The zero-order valence-electron chi connectivity index (χ0n) is 9.26. The molecule has 0 saturated heterocycles. The Hall–Kier alpha value is -1.06. The summed E-state index contributed by atoms with van der Waals surface area (Å²) < 4.78 is 0. The minimum atomic E-state index is -0.903. The number of carbonyl (C=O) groups is 2. The van der Waals surface area contributed by atoms with Crippen LogP contribution in [0, 0.1) is 5.92 Å². The van der Waals surface area contributed by atoms with Crippen molar-refractivity contribution < 1.29 is 14.7 Å². The first-order chi connectivity index (χ1) is 6.23. The van der Waals surface area contributed by atoms with Crippen molar-refractivity contribution in [3.63, 3.8) is 0 Å². The second-order valence-electron chi connectivity index (χ2n) is 4.60. The van der Waals surface area contributed by atoms with Gasteiger partial charge in [-0.2, -0.15) is 0 Å². The van der Waals surface area contributed by atoms with Gasteiger partial charge in [0.15, 0.2) is 0 Å². The van der Waals surface area contributed by atoms with E-state index in [0.717, 1.165) is 0 Å². The number of nitrogens with one attached hydrogen (secondary N) is 1. The van der Waals surface area contributed by atoms with Crippen molar-refractivity contribution in [1.29, 1.82) is 0 Å². The largest absolute Gasteiger partial charge is 0.481 e. The van der Waals surface area contributed by atoms with Gasteiger partial charge >= 0.3 is 5.97 Å². The van der Waals surface area contributed by atoms with Crippen LogP contribution in [0.15, 0.2) is 0 Å². The molecule has 0 atom stereocenters. The first-order valence-corrected chi connectivity index (χ1v) is 4.76. The summed E-state index contributed by atoms with van der Waals surface area (Å²) in [7, 11) is 0. The lowest BCUT2D eigenvalue weighted by atomic mass is 10.00. The molecule has 0 radical (unpaired) electrons. The van der Waals surface area contributed by atoms with Crippen LogP contribution in [0.25, 0.3) is 0 Å². The van der Waals surface area contributed by atoms with E-state index in [0.29, 0.717) is 6.42 Å². The van der Waals surface area contributed by atoms with Crippen LogP contribution >= 0.6 is 0 Å². The number of rotatable bonds is 5. The Morgan fingerprint density at radius 3 is 2.21 bits per heavy atom. The topological polar surface area (TPSA) is 66.4 Å². The van der Waals surface area contributed by atoms with Gasteiger partial charge in [0.05, 0.1) is 6.42 Å². The Labute approximate surface area is 84.7 Å². The molecule has 0 aliphatic rings. The van der Waals surface area contributed by atoms with Gasteiger partial charge in [-0.1, -0.05) is 13.8 Å². The van der Waals surface area contributed by atoms with E-state index in [4.69, 9.17) is 5.11 Å². The van der Waals surface area contributed by atoms with Crippen molar-refractivity contribution in [3.8, 4) is 0 Å². The predicted molar refractivity (Wildman–Crippen MR) is 53.9 cm³/mol. The second-order valence-corrected chi connectivity index (χ2v) is 4.60. The summed E-state index contributed by atoms with van der Waals surface area (Å²) in [6.07, 6.45) is 0.375. The number of hydrogen-bond donors (Lipinski definition) is 2. The minimum absolute atomic E-state index is 0.0587. The van der Waals surface area contributed by atoms with Crippen molar-refractivity contribution in [2.45, 2.75) is 46.1 Å². The molecule has 0 spiro atoms.